The number of aliphatic hydroxyl groups is 1. The summed E-state index contributed by atoms with van der Waals surface area (Å²) in [5.41, 5.74) is 0. The normalized spacial score (nSPS) is 22.3. The molecule has 0 saturated carbocycles. The van der Waals surface area contributed by atoms with E-state index >= 15 is 0 Å². The molecule has 0 aromatic heterocycles. The summed E-state index contributed by atoms with van der Waals surface area (Å²) >= 11 is 0. The smallest absolute Gasteiger partial charge is 0.0900 e. The molecule has 1 heterocycles. The second kappa shape index (κ2) is 9.70. The summed E-state index contributed by atoms with van der Waals surface area (Å²) in [5, 5.41) is 9.94. The van der Waals surface area contributed by atoms with E-state index in [4.69, 9.17) is 4.74 Å². The second-order valence-electron chi connectivity index (χ2n) is 5.73. The molecule has 1 aliphatic heterocycles. The highest BCUT2D eigenvalue weighted by molar-refractivity contribution is 4.81. The van der Waals surface area contributed by atoms with Crippen molar-refractivity contribution in [1.82, 2.24) is 9.80 Å². The van der Waals surface area contributed by atoms with E-state index in [1.807, 2.05) is 0 Å². The fourth-order valence-electron chi connectivity index (χ4n) is 2.83. The molecule has 0 aromatic rings. The Morgan fingerprint density at radius 1 is 1.42 bits per heavy atom. The van der Waals surface area contributed by atoms with Crippen molar-refractivity contribution in [3.63, 3.8) is 0 Å². The van der Waals surface area contributed by atoms with E-state index in [1.165, 1.54) is 19.4 Å². The minimum Gasteiger partial charge on any atom is -0.389 e. The van der Waals surface area contributed by atoms with E-state index in [0.717, 1.165) is 32.5 Å². The Morgan fingerprint density at radius 2 is 2.21 bits per heavy atom. The van der Waals surface area contributed by atoms with Crippen LogP contribution in [0.5, 0.6) is 0 Å². The van der Waals surface area contributed by atoms with Gasteiger partial charge in [-0.3, -0.25) is 4.90 Å². The highest BCUT2D eigenvalue weighted by Gasteiger charge is 2.24. The first-order valence-electron chi connectivity index (χ1n) is 7.85. The molecular weight excluding hydrogens is 240 g/mol. The van der Waals surface area contributed by atoms with Gasteiger partial charge in [0.05, 0.1) is 12.7 Å². The summed E-state index contributed by atoms with van der Waals surface area (Å²) in [6, 6.07) is 0.670. The number of unbranched alkanes of at least 4 members (excludes halogenated alkanes) is 1. The van der Waals surface area contributed by atoms with Gasteiger partial charge in [0.2, 0.25) is 0 Å². The third-order valence-corrected chi connectivity index (χ3v) is 3.90. The average Bonchev–Trinajstić information content (AvgIpc) is 2.81. The van der Waals surface area contributed by atoms with Crippen LogP contribution >= 0.6 is 0 Å². The van der Waals surface area contributed by atoms with Crippen LogP contribution in [0, 0.1) is 0 Å². The number of rotatable bonds is 10. The van der Waals surface area contributed by atoms with E-state index in [0.29, 0.717) is 19.2 Å². The minimum atomic E-state index is -0.363. The number of nitrogens with zero attached hydrogens (tertiary/aromatic N) is 2. The molecule has 0 aliphatic carbocycles. The topological polar surface area (TPSA) is 35.9 Å². The van der Waals surface area contributed by atoms with Gasteiger partial charge in [-0.05, 0) is 39.4 Å². The summed E-state index contributed by atoms with van der Waals surface area (Å²) in [6.07, 6.45) is 4.47. The van der Waals surface area contributed by atoms with Crippen molar-refractivity contribution in [2.75, 3.05) is 46.4 Å². The Kier molecular flexibility index (Phi) is 8.62. The average molecular weight is 272 g/mol. The van der Waals surface area contributed by atoms with Gasteiger partial charge >= 0.3 is 0 Å². The molecule has 1 saturated heterocycles. The second-order valence-corrected chi connectivity index (χ2v) is 5.73. The summed E-state index contributed by atoms with van der Waals surface area (Å²) in [5.74, 6) is 0. The Labute approximate surface area is 118 Å². The predicted molar refractivity (Wildman–Crippen MR) is 79.5 cm³/mol. The lowest BCUT2D eigenvalue weighted by Crippen LogP contribution is -2.42. The first kappa shape index (κ1) is 16.9. The van der Waals surface area contributed by atoms with Crippen LogP contribution in [0.25, 0.3) is 0 Å². The zero-order valence-corrected chi connectivity index (χ0v) is 13.0. The van der Waals surface area contributed by atoms with Crippen molar-refractivity contribution in [3.8, 4) is 0 Å². The molecule has 0 bridgehead atoms. The van der Waals surface area contributed by atoms with Crippen LogP contribution in [0.3, 0.4) is 0 Å². The summed E-state index contributed by atoms with van der Waals surface area (Å²) in [7, 11) is 2.10. The summed E-state index contributed by atoms with van der Waals surface area (Å²) in [4.78, 5) is 4.78. The molecule has 1 N–H and O–H groups in total. The lowest BCUT2D eigenvalue weighted by Gasteiger charge is -2.28. The van der Waals surface area contributed by atoms with E-state index < -0.39 is 0 Å². The number of hydrogen-bond donors (Lipinski definition) is 1. The van der Waals surface area contributed by atoms with E-state index in [2.05, 4.69) is 30.7 Å². The molecule has 19 heavy (non-hydrogen) atoms. The molecule has 114 valence electrons. The maximum Gasteiger partial charge on any atom is 0.0900 e. The fraction of sp³-hybridized carbons (Fsp3) is 1.00. The zero-order chi connectivity index (χ0) is 14.1. The van der Waals surface area contributed by atoms with Gasteiger partial charge < -0.3 is 14.7 Å². The van der Waals surface area contributed by atoms with Crippen molar-refractivity contribution in [1.29, 1.82) is 0 Å². The lowest BCUT2D eigenvalue weighted by atomic mass is 10.2. The van der Waals surface area contributed by atoms with E-state index in [9.17, 15) is 5.11 Å². The van der Waals surface area contributed by atoms with Gasteiger partial charge in [-0.1, -0.05) is 20.3 Å². The highest BCUT2D eigenvalue weighted by Crippen LogP contribution is 2.17. The maximum absolute atomic E-state index is 9.94. The number of likely N-dealkylation sites (N-methyl/N-ethyl adjacent to an activating group) is 2. The largest absolute Gasteiger partial charge is 0.389 e. The third kappa shape index (κ3) is 6.70. The van der Waals surface area contributed by atoms with Gasteiger partial charge in [0.1, 0.15) is 0 Å². The standard InChI is InChI=1S/C15H32N2O2/c1-4-6-10-19-13-15(18)12-16(3)11-14-8-7-9-17(14)5-2/h14-15,18H,4-13H2,1-3H3. The van der Waals surface area contributed by atoms with E-state index in [-0.39, 0.29) is 6.10 Å². The van der Waals surface area contributed by atoms with Crippen molar-refractivity contribution in [3.05, 3.63) is 0 Å². The van der Waals surface area contributed by atoms with Crippen LogP contribution in [0.2, 0.25) is 0 Å². The number of likely N-dealkylation sites (tertiary alicyclic amines) is 1. The van der Waals surface area contributed by atoms with Gasteiger partial charge in [-0.2, -0.15) is 0 Å². The zero-order valence-electron chi connectivity index (χ0n) is 13.0. The van der Waals surface area contributed by atoms with Crippen LogP contribution in [0.4, 0.5) is 0 Å². The Balaban J connectivity index is 2.13. The van der Waals surface area contributed by atoms with Crippen molar-refractivity contribution < 1.29 is 9.84 Å². The molecule has 1 fully saturated rings. The van der Waals surface area contributed by atoms with Crippen molar-refractivity contribution in [2.24, 2.45) is 0 Å². The van der Waals surface area contributed by atoms with Gasteiger partial charge in [-0.15, -0.1) is 0 Å². The molecule has 0 spiro atoms. The fourth-order valence-corrected chi connectivity index (χ4v) is 2.83. The van der Waals surface area contributed by atoms with Crippen molar-refractivity contribution in [2.45, 2.75) is 51.7 Å². The first-order valence-corrected chi connectivity index (χ1v) is 7.85. The van der Waals surface area contributed by atoms with Gasteiger partial charge in [0.15, 0.2) is 0 Å². The van der Waals surface area contributed by atoms with Crippen LogP contribution in [-0.4, -0.2) is 73.5 Å². The summed E-state index contributed by atoms with van der Waals surface area (Å²) < 4.78 is 5.46. The quantitative estimate of drug-likeness (QED) is 0.613. The molecule has 4 nitrogen and oxygen atoms in total. The van der Waals surface area contributed by atoms with Gasteiger partial charge in [-0.25, -0.2) is 0 Å². The van der Waals surface area contributed by atoms with Crippen LogP contribution in [0.15, 0.2) is 0 Å². The minimum absolute atomic E-state index is 0.363. The first-order chi connectivity index (χ1) is 9.17. The van der Waals surface area contributed by atoms with Crippen LogP contribution in [-0.2, 0) is 4.74 Å². The molecule has 2 atom stereocenters. The summed E-state index contributed by atoms with van der Waals surface area (Å²) in [6.45, 7) is 9.75. The number of ether oxygens (including phenoxy) is 1. The SMILES string of the molecule is CCCCOCC(O)CN(C)CC1CCCN1CC. The van der Waals surface area contributed by atoms with Crippen LogP contribution in [0.1, 0.15) is 39.5 Å². The number of aliphatic hydroxyl groups excluding tert-OH is 1. The molecule has 4 heteroatoms. The molecule has 2 unspecified atom stereocenters. The van der Waals surface area contributed by atoms with Gasteiger partial charge in [0.25, 0.3) is 0 Å². The van der Waals surface area contributed by atoms with Crippen LogP contribution < -0.4 is 0 Å². The predicted octanol–water partition coefficient (Wildman–Crippen LogP) is 1.58. The molecule has 0 amide bonds. The highest BCUT2D eigenvalue weighted by atomic mass is 16.5. The maximum atomic E-state index is 9.94. The Hall–Kier alpha value is -0.160. The third-order valence-electron chi connectivity index (χ3n) is 3.90. The molecule has 0 aromatic carbocycles. The number of hydrogen-bond acceptors (Lipinski definition) is 4. The van der Waals surface area contributed by atoms with Crippen molar-refractivity contribution >= 4 is 0 Å². The molecular formula is C15H32N2O2. The lowest BCUT2D eigenvalue weighted by molar-refractivity contribution is 0.0169. The monoisotopic (exact) mass is 272 g/mol. The van der Waals surface area contributed by atoms with E-state index in [1.54, 1.807) is 0 Å². The Morgan fingerprint density at radius 3 is 2.89 bits per heavy atom. The molecule has 1 aliphatic rings. The van der Waals surface area contributed by atoms with Gasteiger partial charge in [0, 0.05) is 25.7 Å². The Bertz CT molecular complexity index is 226. The molecule has 0 radical (unpaired) electrons. The molecule has 1 rings (SSSR count).